The lowest BCUT2D eigenvalue weighted by atomic mass is 9.45. The van der Waals surface area contributed by atoms with Gasteiger partial charge in [0, 0.05) is 11.5 Å². The number of aliphatic hydroxyl groups is 8. The van der Waals surface area contributed by atoms with Gasteiger partial charge in [0.15, 0.2) is 12.6 Å². The molecule has 0 unspecified atom stereocenters. The summed E-state index contributed by atoms with van der Waals surface area (Å²) in [6.45, 7) is 3.49. The molecule has 0 aromatic carbocycles. The summed E-state index contributed by atoms with van der Waals surface area (Å²) in [5.41, 5.74) is 0.835. The van der Waals surface area contributed by atoms with Crippen LogP contribution < -0.4 is 0 Å². The Morgan fingerprint density at radius 2 is 1.51 bits per heavy atom. The molecule has 0 amide bonds. The van der Waals surface area contributed by atoms with Gasteiger partial charge in [0.05, 0.1) is 24.9 Å². The van der Waals surface area contributed by atoms with Gasteiger partial charge in [0.2, 0.25) is 0 Å². The van der Waals surface area contributed by atoms with Gasteiger partial charge in [-0.15, -0.1) is 0 Å². The first kappa shape index (κ1) is 35.9. The van der Waals surface area contributed by atoms with Gasteiger partial charge >= 0.3 is 5.97 Å². The van der Waals surface area contributed by atoms with Crippen LogP contribution in [0.3, 0.4) is 0 Å². The minimum atomic E-state index is -1.75. The molecule has 0 bridgehead atoms. The molecule has 4 aliphatic carbocycles. The molecule has 0 aromatic heterocycles. The topological polar surface area (TPSA) is 225 Å². The molecule has 14 nitrogen and oxygen atoms in total. The summed E-state index contributed by atoms with van der Waals surface area (Å²) >= 11 is 0. The van der Waals surface area contributed by atoms with E-state index in [1.165, 1.54) is 5.57 Å². The lowest BCUT2D eigenvalue weighted by Crippen LogP contribution is -2.65. The third kappa shape index (κ3) is 5.66. The highest BCUT2D eigenvalue weighted by Crippen LogP contribution is 2.69. The summed E-state index contributed by atoms with van der Waals surface area (Å²) < 4.78 is 28.9. The SMILES string of the molecule is C[C@]12CC[C@H](O[C@@H]3O[C@H](CO)[C@@H](O)[C@H](O)[C@H]3O[C@@H]3O[C@H](CO)[C@@H](O)[C@H](O)[C@H]3O)CC1=CC[C@@H]1[C@@H]2CC[C@]2(C)[C@@H](C3=CC(=O)OC3)CC[C@]12O. The van der Waals surface area contributed by atoms with E-state index >= 15 is 0 Å². The number of hydrogen-bond acceptors (Lipinski definition) is 14. The smallest absolute Gasteiger partial charge is 0.331 e. The molecule has 2 saturated heterocycles. The molecule has 49 heavy (non-hydrogen) atoms. The molecule has 7 rings (SSSR count). The quantitative estimate of drug-likeness (QED) is 0.120. The Morgan fingerprint density at radius 3 is 2.18 bits per heavy atom. The standard InChI is InChI=1S/C35H52O14/c1-33-8-5-18(46-32-30(28(42)26(40)23(14-37)48-32)49-31-29(43)27(41)25(39)22(13-36)47-31)12-17(33)3-4-21-20(33)6-9-34(2)19(7-10-35(21,34)44)16-11-24(38)45-15-16/h3,11,18-23,25-32,36-37,39-44H,4-10,12-15H2,1-2H3/t18-,19+,20-,21+,22+,23+,25+,26+,27-,28-,29+,30+,31-,32+,33-,34+,35-/m0/s1. The highest BCUT2D eigenvalue weighted by atomic mass is 16.8. The highest BCUT2D eigenvalue weighted by molar-refractivity contribution is 5.85. The summed E-state index contributed by atoms with van der Waals surface area (Å²) in [7, 11) is 0. The Kier molecular flexibility index (Phi) is 9.62. The maximum absolute atomic E-state index is 12.5. The fourth-order valence-electron chi connectivity index (χ4n) is 10.7. The number of carbonyl (C=O) groups excluding carboxylic acids is 1. The van der Waals surface area contributed by atoms with Crippen LogP contribution in [0.25, 0.3) is 0 Å². The van der Waals surface area contributed by atoms with Crippen LogP contribution in [0.1, 0.15) is 65.2 Å². The molecule has 17 atom stereocenters. The molecule has 5 fully saturated rings. The van der Waals surface area contributed by atoms with Crippen molar-refractivity contribution < 1.29 is 69.3 Å². The Bertz CT molecular complexity index is 1320. The Morgan fingerprint density at radius 1 is 0.816 bits per heavy atom. The van der Waals surface area contributed by atoms with E-state index in [9.17, 15) is 45.6 Å². The normalized spacial score (nSPS) is 52.8. The Balaban J connectivity index is 1.07. The fourth-order valence-corrected chi connectivity index (χ4v) is 10.7. The molecule has 8 N–H and O–H groups in total. The summed E-state index contributed by atoms with van der Waals surface area (Å²) in [4.78, 5) is 11.9. The lowest BCUT2D eigenvalue weighted by Gasteiger charge is -2.61. The average Bonchev–Trinajstić information content (AvgIpc) is 3.63. The highest BCUT2D eigenvalue weighted by Gasteiger charge is 2.67. The third-order valence-corrected chi connectivity index (χ3v) is 13.7. The molecule has 7 aliphatic rings. The van der Waals surface area contributed by atoms with Crippen LogP contribution in [0, 0.1) is 28.6 Å². The van der Waals surface area contributed by atoms with Gasteiger partial charge in [-0.05, 0) is 80.1 Å². The molecule has 3 saturated carbocycles. The van der Waals surface area contributed by atoms with Gasteiger partial charge in [-0.2, -0.15) is 0 Å². The first-order valence-corrected chi connectivity index (χ1v) is 17.8. The number of ether oxygens (including phenoxy) is 5. The summed E-state index contributed by atoms with van der Waals surface area (Å²) in [6, 6.07) is 0. The van der Waals surface area contributed by atoms with Crippen molar-refractivity contribution in [1.82, 2.24) is 0 Å². The first-order valence-electron chi connectivity index (χ1n) is 17.8. The number of allylic oxidation sites excluding steroid dienone is 1. The molecule has 0 aromatic rings. The van der Waals surface area contributed by atoms with Crippen molar-refractivity contribution in [1.29, 1.82) is 0 Å². The molecule has 3 heterocycles. The van der Waals surface area contributed by atoms with Crippen LogP contribution in [-0.4, -0.2) is 140 Å². The van der Waals surface area contributed by atoms with Crippen LogP contribution in [-0.2, 0) is 28.5 Å². The van der Waals surface area contributed by atoms with E-state index in [1.54, 1.807) is 6.08 Å². The Labute approximate surface area is 285 Å². The van der Waals surface area contributed by atoms with Crippen LogP contribution in [0.2, 0.25) is 0 Å². The molecular weight excluding hydrogens is 644 g/mol. The van der Waals surface area contributed by atoms with Crippen molar-refractivity contribution in [3.63, 3.8) is 0 Å². The average molecular weight is 697 g/mol. The van der Waals surface area contributed by atoms with E-state index in [1.807, 2.05) is 0 Å². The number of fused-ring (bicyclic) bond motifs is 5. The number of aliphatic hydroxyl groups excluding tert-OH is 7. The van der Waals surface area contributed by atoms with Gasteiger partial charge < -0.3 is 64.5 Å². The van der Waals surface area contributed by atoms with Gasteiger partial charge in [0.25, 0.3) is 0 Å². The van der Waals surface area contributed by atoms with E-state index in [-0.39, 0.29) is 40.7 Å². The fraction of sp³-hybridized carbons (Fsp3) is 0.857. The maximum atomic E-state index is 12.5. The van der Waals surface area contributed by atoms with Gasteiger partial charge in [0.1, 0.15) is 55.4 Å². The molecule has 14 heteroatoms. The van der Waals surface area contributed by atoms with Crippen molar-refractivity contribution in [2.45, 2.75) is 138 Å². The largest absolute Gasteiger partial charge is 0.458 e. The predicted octanol–water partition coefficient (Wildman–Crippen LogP) is -0.827. The van der Waals surface area contributed by atoms with Crippen molar-refractivity contribution in [3.8, 4) is 0 Å². The van der Waals surface area contributed by atoms with E-state index in [0.717, 1.165) is 37.7 Å². The zero-order valence-corrected chi connectivity index (χ0v) is 28.0. The second-order valence-electron chi connectivity index (χ2n) is 15.9. The lowest BCUT2D eigenvalue weighted by molar-refractivity contribution is -0.372. The molecule has 0 spiro atoms. The second-order valence-corrected chi connectivity index (χ2v) is 15.9. The van der Waals surface area contributed by atoms with E-state index in [2.05, 4.69) is 19.9 Å². The first-order chi connectivity index (χ1) is 23.3. The monoisotopic (exact) mass is 696 g/mol. The molecule has 0 radical (unpaired) electrons. The summed E-state index contributed by atoms with van der Waals surface area (Å²) in [5, 5.41) is 84.7. The van der Waals surface area contributed by atoms with E-state index < -0.39 is 80.2 Å². The molecule has 276 valence electrons. The number of cyclic esters (lactones) is 1. The molecular formula is C35H52O14. The van der Waals surface area contributed by atoms with Gasteiger partial charge in [-0.3, -0.25) is 0 Å². The summed E-state index contributed by atoms with van der Waals surface area (Å²) in [6.07, 6.45) is -5.59. The second kappa shape index (κ2) is 13.2. The third-order valence-electron chi connectivity index (χ3n) is 13.7. The van der Waals surface area contributed by atoms with Crippen molar-refractivity contribution >= 4 is 5.97 Å². The number of esters is 1. The minimum Gasteiger partial charge on any atom is -0.458 e. The van der Waals surface area contributed by atoms with E-state index in [0.29, 0.717) is 25.9 Å². The van der Waals surface area contributed by atoms with Gasteiger partial charge in [-0.1, -0.05) is 25.5 Å². The number of carbonyl (C=O) groups is 1. The zero-order valence-electron chi connectivity index (χ0n) is 28.0. The van der Waals surface area contributed by atoms with Crippen LogP contribution in [0.5, 0.6) is 0 Å². The molecule has 3 aliphatic heterocycles. The van der Waals surface area contributed by atoms with Crippen molar-refractivity contribution in [3.05, 3.63) is 23.3 Å². The van der Waals surface area contributed by atoms with Gasteiger partial charge in [-0.25, -0.2) is 4.79 Å². The van der Waals surface area contributed by atoms with Crippen molar-refractivity contribution in [2.24, 2.45) is 28.6 Å². The number of rotatable bonds is 7. The Hall–Kier alpha value is -1.53. The summed E-state index contributed by atoms with van der Waals surface area (Å²) in [5.74, 6) is 0.130. The van der Waals surface area contributed by atoms with Crippen LogP contribution >= 0.6 is 0 Å². The van der Waals surface area contributed by atoms with Crippen LogP contribution in [0.4, 0.5) is 0 Å². The van der Waals surface area contributed by atoms with Crippen molar-refractivity contribution in [2.75, 3.05) is 19.8 Å². The number of hydrogen-bond donors (Lipinski definition) is 8. The minimum absolute atomic E-state index is 0.0704. The zero-order chi connectivity index (χ0) is 35.0. The van der Waals surface area contributed by atoms with E-state index in [4.69, 9.17) is 23.7 Å². The predicted molar refractivity (Wildman–Crippen MR) is 167 cm³/mol. The van der Waals surface area contributed by atoms with Crippen LogP contribution in [0.15, 0.2) is 23.3 Å². The maximum Gasteiger partial charge on any atom is 0.331 e.